The number of aromatic nitrogens is 2. The molecule has 0 amide bonds. The minimum atomic E-state index is 0. The topological polar surface area (TPSA) is 22.9 Å². The quantitative estimate of drug-likeness (QED) is 0.333. The van der Waals surface area contributed by atoms with Crippen molar-refractivity contribution in [2.75, 3.05) is 18.0 Å². The molecule has 3 heterocycles. The van der Waals surface area contributed by atoms with Crippen molar-refractivity contribution in [3.05, 3.63) is 72.1 Å². The van der Waals surface area contributed by atoms with Crippen molar-refractivity contribution >= 4 is 39.6 Å². The van der Waals surface area contributed by atoms with E-state index < -0.39 is 0 Å². The Balaban J connectivity index is 0.00000218. The van der Waals surface area contributed by atoms with E-state index in [0.29, 0.717) is 0 Å². The second-order valence-corrected chi connectivity index (χ2v) is 8.35. The normalized spacial score (nSPS) is 15.2. The third-order valence-electron chi connectivity index (χ3n) is 6.32. The zero-order valence-corrected chi connectivity index (χ0v) is 19.8. The zero-order chi connectivity index (χ0) is 19.8. The highest BCUT2D eigenvalue weighted by molar-refractivity contribution is 5.91. The fraction of sp³-hybridized carbons (Fsp3) is 0.269. The van der Waals surface area contributed by atoms with Gasteiger partial charge in [0.05, 0.1) is 11.1 Å². The van der Waals surface area contributed by atoms with Gasteiger partial charge in [0.1, 0.15) is 7.05 Å². The van der Waals surface area contributed by atoms with Crippen LogP contribution in [0.5, 0.6) is 0 Å². The largest absolute Gasteiger partial charge is 1.00 e. The van der Waals surface area contributed by atoms with Crippen molar-refractivity contribution in [1.29, 1.82) is 0 Å². The van der Waals surface area contributed by atoms with Gasteiger partial charge in [0, 0.05) is 42.5 Å². The number of pyridine rings is 1. The van der Waals surface area contributed by atoms with Crippen LogP contribution in [0.15, 0.2) is 60.7 Å². The number of hydrogen-bond acceptors (Lipinski definition) is 1. The smallest absolute Gasteiger partial charge is 0.214 e. The summed E-state index contributed by atoms with van der Waals surface area (Å²) in [5.41, 5.74) is 6.17. The van der Waals surface area contributed by atoms with Gasteiger partial charge >= 0.3 is 0 Å². The molecule has 0 spiro atoms. The number of nitrogens with zero attached hydrogens (tertiary/aromatic N) is 2. The van der Waals surface area contributed by atoms with Crippen molar-refractivity contribution in [3.8, 4) is 0 Å². The summed E-state index contributed by atoms with van der Waals surface area (Å²) in [5, 5.41) is 2.59. The molecule has 1 saturated heterocycles. The molecule has 2 aromatic carbocycles. The van der Waals surface area contributed by atoms with E-state index in [0.717, 1.165) is 24.7 Å². The molecule has 1 aliphatic heterocycles. The number of piperidine rings is 1. The van der Waals surface area contributed by atoms with E-state index in [2.05, 4.69) is 101 Å². The van der Waals surface area contributed by atoms with Crippen LogP contribution in [-0.2, 0) is 7.05 Å². The van der Waals surface area contributed by atoms with Crippen LogP contribution in [0.3, 0.4) is 0 Å². The highest BCUT2D eigenvalue weighted by Gasteiger charge is 2.22. The molecule has 0 saturated carbocycles. The van der Waals surface area contributed by atoms with Gasteiger partial charge in [0.15, 0.2) is 0 Å². The van der Waals surface area contributed by atoms with Crippen LogP contribution in [0.2, 0.25) is 0 Å². The molecule has 0 radical (unpaired) electrons. The number of anilines is 1. The van der Waals surface area contributed by atoms with E-state index in [1.807, 2.05) is 0 Å². The highest BCUT2D eigenvalue weighted by atomic mass is 127. The van der Waals surface area contributed by atoms with Crippen molar-refractivity contribution in [2.24, 2.45) is 13.0 Å². The number of benzene rings is 2. The molecule has 0 aliphatic carbocycles. The standard InChI is InChI=1S/C26H27N3.HI/c1-19-13-15-29(16-14-19)26-18-22(28(2)25-10-6-4-8-23(25)26)12-11-21-17-20-7-3-5-9-24(20)27-21;/h3-12,17-19H,13-16H2,1-2H3;1H. The summed E-state index contributed by atoms with van der Waals surface area (Å²) >= 11 is 0. The highest BCUT2D eigenvalue weighted by Crippen LogP contribution is 2.30. The maximum absolute atomic E-state index is 3.50. The number of halogens is 1. The Hall–Kier alpha value is -2.34. The summed E-state index contributed by atoms with van der Waals surface area (Å²) in [6.45, 7) is 4.66. The van der Waals surface area contributed by atoms with Gasteiger partial charge in [-0.2, -0.15) is 4.57 Å². The van der Waals surface area contributed by atoms with E-state index in [1.54, 1.807) is 0 Å². The lowest BCUT2D eigenvalue weighted by atomic mass is 9.98. The van der Waals surface area contributed by atoms with Gasteiger partial charge < -0.3 is 33.9 Å². The first-order valence-corrected chi connectivity index (χ1v) is 10.6. The lowest BCUT2D eigenvalue weighted by Gasteiger charge is -2.32. The van der Waals surface area contributed by atoms with E-state index in [4.69, 9.17) is 0 Å². The Kier molecular flexibility index (Phi) is 6.14. The first kappa shape index (κ1) is 20.9. The second kappa shape index (κ2) is 8.80. The van der Waals surface area contributed by atoms with Gasteiger partial charge in [0.2, 0.25) is 11.2 Å². The molecular weight excluding hydrogens is 481 g/mol. The van der Waals surface area contributed by atoms with Crippen molar-refractivity contribution < 1.29 is 28.5 Å². The van der Waals surface area contributed by atoms with Crippen molar-refractivity contribution in [1.82, 2.24) is 4.98 Å². The van der Waals surface area contributed by atoms with E-state index in [-0.39, 0.29) is 24.0 Å². The monoisotopic (exact) mass is 509 g/mol. The van der Waals surface area contributed by atoms with Gasteiger partial charge in [0.25, 0.3) is 0 Å². The van der Waals surface area contributed by atoms with Crippen LogP contribution in [0.1, 0.15) is 31.2 Å². The number of rotatable bonds is 3. The maximum atomic E-state index is 3.50. The number of hydrogen-bond donors (Lipinski definition) is 1. The molecule has 3 nitrogen and oxygen atoms in total. The number of aromatic amines is 1. The number of nitrogens with one attached hydrogen (secondary N) is 1. The van der Waals surface area contributed by atoms with Crippen LogP contribution in [-0.4, -0.2) is 18.1 Å². The van der Waals surface area contributed by atoms with Crippen LogP contribution in [0, 0.1) is 5.92 Å². The SMILES string of the molecule is CC1CCN(c2cc(/C=C/c3cc4ccccc4[nH]3)[n+](C)c3ccccc23)CC1.[I-]. The fourth-order valence-electron chi connectivity index (χ4n) is 4.47. The Morgan fingerprint density at radius 2 is 1.70 bits per heavy atom. The van der Waals surface area contributed by atoms with Crippen LogP contribution < -0.4 is 33.4 Å². The molecule has 0 atom stereocenters. The number of aryl methyl sites for hydroxylation is 1. The van der Waals surface area contributed by atoms with Crippen LogP contribution in [0.25, 0.3) is 34.0 Å². The first-order valence-electron chi connectivity index (χ1n) is 10.6. The molecule has 1 N–H and O–H groups in total. The molecule has 0 unspecified atom stereocenters. The molecule has 1 fully saturated rings. The molecule has 2 aromatic heterocycles. The number of H-pyrrole nitrogens is 1. The molecule has 4 heteroatoms. The molecular formula is C26H28IN3. The minimum Gasteiger partial charge on any atom is -1.00 e. The van der Waals surface area contributed by atoms with E-state index in [9.17, 15) is 0 Å². The minimum absolute atomic E-state index is 0. The van der Waals surface area contributed by atoms with Gasteiger partial charge in [-0.05, 0) is 48.4 Å². The first-order chi connectivity index (χ1) is 14.2. The van der Waals surface area contributed by atoms with Gasteiger partial charge in [-0.3, -0.25) is 0 Å². The Labute approximate surface area is 195 Å². The van der Waals surface area contributed by atoms with Gasteiger partial charge in [-0.25, -0.2) is 0 Å². The third kappa shape index (κ3) is 3.97. The number of para-hydroxylation sites is 2. The summed E-state index contributed by atoms with van der Waals surface area (Å²) in [4.78, 5) is 6.07. The summed E-state index contributed by atoms with van der Waals surface area (Å²) in [6, 6.07) is 21.8. The molecule has 0 bridgehead atoms. The van der Waals surface area contributed by atoms with Gasteiger partial charge in [-0.1, -0.05) is 37.3 Å². The van der Waals surface area contributed by atoms with Crippen LogP contribution >= 0.6 is 0 Å². The summed E-state index contributed by atoms with van der Waals surface area (Å²) < 4.78 is 2.30. The van der Waals surface area contributed by atoms with Gasteiger partial charge in [-0.15, -0.1) is 0 Å². The second-order valence-electron chi connectivity index (χ2n) is 8.35. The molecule has 4 aromatic rings. The Morgan fingerprint density at radius 3 is 2.50 bits per heavy atom. The van der Waals surface area contributed by atoms with E-state index in [1.165, 1.54) is 46.0 Å². The third-order valence-corrected chi connectivity index (χ3v) is 6.32. The number of fused-ring (bicyclic) bond motifs is 2. The molecule has 154 valence electrons. The molecule has 30 heavy (non-hydrogen) atoms. The molecule has 1 aliphatic rings. The predicted molar refractivity (Wildman–Crippen MR) is 123 cm³/mol. The Bertz CT molecular complexity index is 1170. The summed E-state index contributed by atoms with van der Waals surface area (Å²) in [6.07, 6.45) is 6.96. The average molecular weight is 509 g/mol. The predicted octanol–water partition coefficient (Wildman–Crippen LogP) is 2.56. The average Bonchev–Trinajstić information content (AvgIpc) is 3.17. The van der Waals surface area contributed by atoms with Crippen molar-refractivity contribution in [3.63, 3.8) is 0 Å². The maximum Gasteiger partial charge on any atom is 0.214 e. The summed E-state index contributed by atoms with van der Waals surface area (Å²) in [5.74, 6) is 0.832. The van der Waals surface area contributed by atoms with Crippen LogP contribution in [0.4, 0.5) is 5.69 Å². The Morgan fingerprint density at radius 1 is 0.967 bits per heavy atom. The van der Waals surface area contributed by atoms with Crippen molar-refractivity contribution in [2.45, 2.75) is 19.8 Å². The lowest BCUT2D eigenvalue weighted by Crippen LogP contribution is -3.00. The zero-order valence-electron chi connectivity index (χ0n) is 17.6. The summed E-state index contributed by atoms with van der Waals surface area (Å²) in [7, 11) is 2.16. The molecule has 5 rings (SSSR count). The fourth-order valence-corrected chi connectivity index (χ4v) is 4.47. The lowest BCUT2D eigenvalue weighted by molar-refractivity contribution is -0.646. The van der Waals surface area contributed by atoms with E-state index >= 15 is 0 Å².